The topological polar surface area (TPSA) is 15.3 Å². The lowest BCUT2D eigenvalue weighted by atomic mass is 10.1. The molecule has 1 aromatic rings. The zero-order valence-corrected chi connectivity index (χ0v) is 14.8. The van der Waals surface area contributed by atoms with Gasteiger partial charge in [0.2, 0.25) is 0 Å². The van der Waals surface area contributed by atoms with E-state index >= 15 is 0 Å². The number of halogens is 1. The van der Waals surface area contributed by atoms with Crippen molar-refractivity contribution in [1.29, 1.82) is 0 Å². The third kappa shape index (κ3) is 3.98. The SMILES string of the molecule is Cc1cc(N2CCC(CNCC(C)C)C2)cc(C)c1Br. The highest BCUT2D eigenvalue weighted by atomic mass is 79.9. The van der Waals surface area contributed by atoms with Crippen molar-refractivity contribution < 1.29 is 0 Å². The number of anilines is 1. The number of aryl methyl sites for hydroxylation is 2. The summed E-state index contributed by atoms with van der Waals surface area (Å²) in [5, 5.41) is 3.60. The highest BCUT2D eigenvalue weighted by Crippen LogP contribution is 2.30. The normalized spacial score (nSPS) is 19.1. The van der Waals surface area contributed by atoms with E-state index in [2.05, 4.69) is 66.0 Å². The van der Waals surface area contributed by atoms with Gasteiger partial charge in [-0.1, -0.05) is 29.8 Å². The van der Waals surface area contributed by atoms with E-state index in [-0.39, 0.29) is 0 Å². The lowest BCUT2D eigenvalue weighted by Gasteiger charge is -2.21. The minimum absolute atomic E-state index is 0.740. The van der Waals surface area contributed by atoms with Crippen molar-refractivity contribution in [3.63, 3.8) is 0 Å². The van der Waals surface area contributed by atoms with Gasteiger partial charge in [0.25, 0.3) is 0 Å². The minimum Gasteiger partial charge on any atom is -0.371 e. The molecule has 0 saturated carbocycles. The van der Waals surface area contributed by atoms with Crippen molar-refractivity contribution in [3.05, 3.63) is 27.7 Å². The van der Waals surface area contributed by atoms with E-state index < -0.39 is 0 Å². The van der Waals surface area contributed by atoms with E-state index in [0.29, 0.717) is 0 Å². The van der Waals surface area contributed by atoms with E-state index in [1.807, 2.05) is 0 Å². The average molecular weight is 339 g/mol. The van der Waals surface area contributed by atoms with E-state index in [1.165, 1.54) is 40.8 Å². The van der Waals surface area contributed by atoms with Gasteiger partial charge in [0.15, 0.2) is 0 Å². The number of rotatable bonds is 5. The summed E-state index contributed by atoms with van der Waals surface area (Å²) in [7, 11) is 0. The molecule has 0 radical (unpaired) electrons. The Morgan fingerprint density at radius 2 is 1.95 bits per heavy atom. The Hall–Kier alpha value is -0.540. The fourth-order valence-corrected chi connectivity index (χ4v) is 3.14. The first-order chi connectivity index (χ1) is 9.47. The lowest BCUT2D eigenvalue weighted by molar-refractivity contribution is 0.477. The predicted octanol–water partition coefficient (Wildman–Crippen LogP) is 4.14. The molecule has 3 heteroatoms. The average Bonchev–Trinajstić information content (AvgIpc) is 2.83. The summed E-state index contributed by atoms with van der Waals surface area (Å²) < 4.78 is 1.25. The number of nitrogens with zero attached hydrogens (tertiary/aromatic N) is 1. The summed E-state index contributed by atoms with van der Waals surface area (Å²) in [4.78, 5) is 2.54. The Balaban J connectivity index is 1.92. The van der Waals surface area contributed by atoms with Crippen LogP contribution in [0.2, 0.25) is 0 Å². The Bertz CT molecular complexity index is 433. The zero-order chi connectivity index (χ0) is 14.7. The maximum Gasteiger partial charge on any atom is 0.0372 e. The molecule has 1 fully saturated rings. The predicted molar refractivity (Wildman–Crippen MR) is 91.6 cm³/mol. The van der Waals surface area contributed by atoms with Gasteiger partial charge < -0.3 is 10.2 Å². The Morgan fingerprint density at radius 1 is 1.30 bits per heavy atom. The van der Waals surface area contributed by atoms with Gasteiger partial charge in [-0.3, -0.25) is 0 Å². The second-order valence-corrected chi connectivity index (χ2v) is 7.34. The molecule has 112 valence electrons. The van der Waals surface area contributed by atoms with Crippen molar-refractivity contribution in [3.8, 4) is 0 Å². The standard InChI is InChI=1S/C17H27BrN2/c1-12(2)9-19-10-15-5-6-20(11-15)16-7-13(3)17(18)14(4)8-16/h7-8,12,15,19H,5-6,9-11H2,1-4H3. The van der Waals surface area contributed by atoms with E-state index in [9.17, 15) is 0 Å². The van der Waals surface area contributed by atoms with Gasteiger partial charge >= 0.3 is 0 Å². The smallest absolute Gasteiger partial charge is 0.0372 e. The van der Waals surface area contributed by atoms with Crippen molar-refractivity contribution >= 4 is 21.6 Å². The highest BCUT2D eigenvalue weighted by Gasteiger charge is 2.23. The quantitative estimate of drug-likeness (QED) is 0.867. The highest BCUT2D eigenvalue weighted by molar-refractivity contribution is 9.10. The number of nitrogens with one attached hydrogen (secondary N) is 1. The summed E-state index contributed by atoms with van der Waals surface area (Å²) in [6.07, 6.45) is 1.30. The number of benzene rings is 1. The lowest BCUT2D eigenvalue weighted by Crippen LogP contribution is -2.28. The molecule has 0 spiro atoms. The van der Waals surface area contributed by atoms with Crippen LogP contribution in [0.4, 0.5) is 5.69 Å². The largest absolute Gasteiger partial charge is 0.371 e. The summed E-state index contributed by atoms with van der Waals surface area (Å²) in [5.41, 5.74) is 4.05. The molecule has 0 aliphatic carbocycles. The molecule has 0 aromatic heterocycles. The third-order valence-corrected chi connectivity index (χ3v) is 5.31. The maximum absolute atomic E-state index is 3.65. The molecule has 1 aliphatic heterocycles. The van der Waals surface area contributed by atoms with E-state index in [0.717, 1.165) is 24.9 Å². The molecule has 1 N–H and O–H groups in total. The summed E-state index contributed by atoms with van der Waals surface area (Å²) in [6.45, 7) is 13.6. The Labute approximate surface area is 132 Å². The molecular weight excluding hydrogens is 312 g/mol. The van der Waals surface area contributed by atoms with Gasteiger partial charge in [-0.2, -0.15) is 0 Å². The third-order valence-electron chi connectivity index (χ3n) is 4.06. The van der Waals surface area contributed by atoms with E-state index in [4.69, 9.17) is 0 Å². The molecular formula is C17H27BrN2. The molecule has 2 nitrogen and oxygen atoms in total. The molecule has 1 unspecified atom stereocenters. The summed E-state index contributed by atoms with van der Waals surface area (Å²) in [6, 6.07) is 4.61. The van der Waals surface area contributed by atoms with Crippen LogP contribution in [0, 0.1) is 25.7 Å². The molecule has 20 heavy (non-hydrogen) atoms. The summed E-state index contributed by atoms with van der Waals surface area (Å²) >= 11 is 3.65. The maximum atomic E-state index is 3.65. The second-order valence-electron chi connectivity index (χ2n) is 6.55. The van der Waals surface area contributed by atoms with Gasteiger partial charge in [-0.05, 0) is 68.5 Å². The first-order valence-corrected chi connectivity index (χ1v) is 8.49. The fourth-order valence-electron chi connectivity index (χ4n) is 2.92. The van der Waals surface area contributed by atoms with Crippen LogP contribution in [0.15, 0.2) is 16.6 Å². The Kier molecular flexibility index (Phi) is 5.50. The zero-order valence-electron chi connectivity index (χ0n) is 13.2. The first-order valence-electron chi connectivity index (χ1n) is 7.69. The molecule has 0 amide bonds. The second kappa shape index (κ2) is 6.95. The van der Waals surface area contributed by atoms with Gasteiger partial charge in [-0.25, -0.2) is 0 Å². The van der Waals surface area contributed by atoms with Crippen LogP contribution in [0.5, 0.6) is 0 Å². The van der Waals surface area contributed by atoms with Gasteiger partial charge in [0.05, 0.1) is 0 Å². The minimum atomic E-state index is 0.740. The molecule has 1 aliphatic rings. The van der Waals surface area contributed by atoms with Crippen LogP contribution >= 0.6 is 15.9 Å². The van der Waals surface area contributed by atoms with Crippen LogP contribution < -0.4 is 10.2 Å². The van der Waals surface area contributed by atoms with Gasteiger partial charge in [0.1, 0.15) is 0 Å². The summed E-state index contributed by atoms with van der Waals surface area (Å²) in [5.74, 6) is 1.53. The fraction of sp³-hybridized carbons (Fsp3) is 0.647. The number of hydrogen-bond acceptors (Lipinski definition) is 2. The van der Waals surface area contributed by atoms with Crippen LogP contribution in [0.1, 0.15) is 31.4 Å². The number of hydrogen-bond donors (Lipinski definition) is 1. The van der Waals surface area contributed by atoms with Crippen molar-refractivity contribution in [2.75, 3.05) is 31.1 Å². The molecule has 1 aromatic carbocycles. The van der Waals surface area contributed by atoms with Crippen molar-refractivity contribution in [1.82, 2.24) is 5.32 Å². The molecule has 1 saturated heterocycles. The monoisotopic (exact) mass is 338 g/mol. The van der Waals surface area contributed by atoms with Gasteiger partial charge in [-0.15, -0.1) is 0 Å². The van der Waals surface area contributed by atoms with Crippen LogP contribution in [-0.2, 0) is 0 Å². The van der Waals surface area contributed by atoms with Gasteiger partial charge in [0, 0.05) is 23.2 Å². The molecule has 0 bridgehead atoms. The van der Waals surface area contributed by atoms with Crippen LogP contribution in [0.3, 0.4) is 0 Å². The van der Waals surface area contributed by atoms with E-state index in [1.54, 1.807) is 0 Å². The molecule has 2 rings (SSSR count). The molecule has 1 atom stereocenters. The first kappa shape index (κ1) is 15.8. The van der Waals surface area contributed by atoms with Crippen molar-refractivity contribution in [2.24, 2.45) is 11.8 Å². The Morgan fingerprint density at radius 3 is 2.55 bits per heavy atom. The van der Waals surface area contributed by atoms with Crippen molar-refractivity contribution in [2.45, 2.75) is 34.1 Å². The van der Waals surface area contributed by atoms with Crippen LogP contribution in [-0.4, -0.2) is 26.2 Å². The van der Waals surface area contributed by atoms with Crippen LogP contribution in [0.25, 0.3) is 0 Å². The molecule has 1 heterocycles.